The number of rotatable bonds is 1. The molecule has 0 spiro atoms. The average molecular weight is 200 g/mol. The van der Waals surface area contributed by atoms with Crippen molar-refractivity contribution >= 4 is 44.8 Å². The van der Waals surface area contributed by atoms with Crippen LogP contribution in [-0.4, -0.2) is 47.6 Å². The Hall–Kier alpha value is -0.140. The summed E-state index contributed by atoms with van der Waals surface area (Å²) in [6, 6.07) is 2.49. The minimum absolute atomic E-state index is 0. The molecular weight excluding hydrogens is 195 g/mol. The molecule has 0 amide bonds. The predicted octanol–water partition coefficient (Wildman–Crippen LogP) is -0.341. The van der Waals surface area contributed by atoms with Crippen molar-refractivity contribution < 1.29 is 22.2 Å². The molecule has 5 nitrogen and oxygen atoms in total. The second-order valence-electron chi connectivity index (χ2n) is 1.74. The fourth-order valence-corrected chi connectivity index (χ4v) is 0.892. The number of carbonyl (C=O) groups excluding carboxylic acids is 1. The van der Waals surface area contributed by atoms with Crippen molar-refractivity contribution in [3.63, 3.8) is 0 Å². The summed E-state index contributed by atoms with van der Waals surface area (Å²) in [5.74, 6) is -0.396. The number of hydrogen-bond acceptors (Lipinski definition) is 4. The summed E-state index contributed by atoms with van der Waals surface area (Å²) in [6.45, 7) is 0. The standard InChI is InChI=1S/C5H4O5S.Na.H/c6-5(11(7,8)9)4-2-1-3-10-4;;/h1-3H,(H,7,8,9);;. The molecule has 0 saturated carbocycles. The Morgan fingerprint density at radius 3 is 2.42 bits per heavy atom. The van der Waals surface area contributed by atoms with E-state index < -0.39 is 21.0 Å². The van der Waals surface area contributed by atoms with E-state index in [4.69, 9.17) is 4.55 Å². The zero-order chi connectivity index (χ0) is 8.48. The zero-order valence-electron chi connectivity index (χ0n) is 5.22. The van der Waals surface area contributed by atoms with Crippen LogP contribution >= 0.6 is 0 Å². The third-order valence-electron chi connectivity index (χ3n) is 0.957. The molecule has 0 aliphatic heterocycles. The molecule has 1 heterocycles. The first-order valence-corrected chi connectivity index (χ1v) is 4.01. The van der Waals surface area contributed by atoms with Gasteiger partial charge in [0.2, 0.25) is 0 Å². The van der Waals surface area contributed by atoms with Gasteiger partial charge in [-0.15, -0.1) is 0 Å². The van der Waals surface area contributed by atoms with Crippen LogP contribution in [0.1, 0.15) is 10.6 Å². The van der Waals surface area contributed by atoms with Crippen LogP contribution in [0.3, 0.4) is 0 Å². The normalized spacial score (nSPS) is 10.4. The molecule has 0 unspecified atom stereocenters. The van der Waals surface area contributed by atoms with Gasteiger partial charge in [-0.25, -0.2) is 0 Å². The molecule has 0 aliphatic rings. The van der Waals surface area contributed by atoms with Crippen molar-refractivity contribution in [2.24, 2.45) is 0 Å². The summed E-state index contributed by atoms with van der Waals surface area (Å²) in [5.41, 5.74) is 0. The van der Waals surface area contributed by atoms with Crippen LogP contribution in [0.15, 0.2) is 22.8 Å². The summed E-state index contributed by atoms with van der Waals surface area (Å²) < 4.78 is 33.0. The molecule has 0 aromatic carbocycles. The van der Waals surface area contributed by atoms with Gasteiger partial charge in [-0.3, -0.25) is 9.35 Å². The van der Waals surface area contributed by atoms with Gasteiger partial charge in [0.15, 0.2) is 5.76 Å². The van der Waals surface area contributed by atoms with E-state index in [9.17, 15) is 13.2 Å². The number of hydrogen-bond donors (Lipinski definition) is 1. The van der Waals surface area contributed by atoms with Gasteiger partial charge in [0.25, 0.3) is 0 Å². The van der Waals surface area contributed by atoms with Crippen molar-refractivity contribution in [3.8, 4) is 0 Å². The molecule has 0 radical (unpaired) electrons. The predicted molar refractivity (Wildman–Crippen MR) is 41.7 cm³/mol. The van der Waals surface area contributed by atoms with E-state index in [1.165, 1.54) is 6.07 Å². The molecule has 0 bridgehead atoms. The molecule has 62 valence electrons. The van der Waals surface area contributed by atoms with Crippen LogP contribution in [0.25, 0.3) is 0 Å². The molecular formula is C5H5NaO5S. The first-order valence-electron chi connectivity index (χ1n) is 2.57. The van der Waals surface area contributed by atoms with E-state index >= 15 is 0 Å². The Labute approximate surface area is 90.8 Å². The van der Waals surface area contributed by atoms with E-state index in [1.54, 1.807) is 0 Å². The summed E-state index contributed by atoms with van der Waals surface area (Å²) in [4.78, 5) is 10.6. The summed E-state index contributed by atoms with van der Waals surface area (Å²) in [5, 5.41) is -1.43. The molecule has 7 heteroatoms. The van der Waals surface area contributed by atoms with Gasteiger partial charge in [-0.05, 0) is 12.1 Å². The summed E-state index contributed by atoms with van der Waals surface area (Å²) in [7, 11) is -4.66. The second-order valence-corrected chi connectivity index (χ2v) is 3.06. The molecule has 0 fully saturated rings. The monoisotopic (exact) mass is 200 g/mol. The summed E-state index contributed by atoms with van der Waals surface area (Å²) in [6.07, 6.45) is 1.14. The van der Waals surface area contributed by atoms with Gasteiger partial charge in [0.1, 0.15) is 0 Å². The van der Waals surface area contributed by atoms with E-state index in [2.05, 4.69) is 4.42 Å². The van der Waals surface area contributed by atoms with Crippen LogP contribution in [0.2, 0.25) is 0 Å². The van der Waals surface area contributed by atoms with Gasteiger partial charge in [-0.2, -0.15) is 8.42 Å². The van der Waals surface area contributed by atoms with E-state index in [-0.39, 0.29) is 29.6 Å². The van der Waals surface area contributed by atoms with Gasteiger partial charge in [0, 0.05) is 0 Å². The van der Waals surface area contributed by atoms with E-state index in [1.807, 2.05) is 0 Å². The number of furan rings is 1. The van der Waals surface area contributed by atoms with Crippen molar-refractivity contribution in [1.29, 1.82) is 0 Å². The maximum absolute atomic E-state index is 10.6. The van der Waals surface area contributed by atoms with Gasteiger partial charge < -0.3 is 4.42 Å². The molecule has 0 aliphatic carbocycles. The fourth-order valence-electron chi connectivity index (χ4n) is 0.522. The quantitative estimate of drug-likeness (QED) is 0.495. The van der Waals surface area contributed by atoms with Crippen LogP contribution < -0.4 is 0 Å². The van der Waals surface area contributed by atoms with Crippen molar-refractivity contribution in [2.75, 3.05) is 0 Å². The Kier molecular flexibility index (Phi) is 4.15. The van der Waals surface area contributed by atoms with Gasteiger partial charge in [0.05, 0.1) is 6.26 Å². The van der Waals surface area contributed by atoms with Crippen molar-refractivity contribution in [2.45, 2.75) is 0 Å². The molecule has 1 rings (SSSR count). The number of carbonyl (C=O) groups is 1. The molecule has 1 N–H and O–H groups in total. The third kappa shape index (κ3) is 2.72. The molecule has 12 heavy (non-hydrogen) atoms. The summed E-state index contributed by atoms with van der Waals surface area (Å²) >= 11 is 0. The van der Waals surface area contributed by atoms with Crippen LogP contribution in [0, 0.1) is 0 Å². The minimum atomic E-state index is -4.66. The van der Waals surface area contributed by atoms with E-state index in [0.29, 0.717) is 0 Å². The van der Waals surface area contributed by atoms with E-state index in [0.717, 1.165) is 12.3 Å². The first-order chi connectivity index (χ1) is 5.02. The Bertz CT molecular complexity index is 351. The van der Waals surface area contributed by atoms with Crippen LogP contribution in [0.4, 0.5) is 0 Å². The molecule has 0 atom stereocenters. The SMILES string of the molecule is O=C(c1ccco1)S(=O)(=O)O.[NaH]. The molecule has 0 saturated heterocycles. The van der Waals surface area contributed by atoms with Gasteiger partial charge >= 0.3 is 44.8 Å². The topological polar surface area (TPSA) is 84.6 Å². The second kappa shape index (κ2) is 4.20. The molecule has 1 aromatic rings. The fraction of sp³-hybridized carbons (Fsp3) is 0. The van der Waals surface area contributed by atoms with Crippen molar-refractivity contribution in [1.82, 2.24) is 0 Å². The Morgan fingerprint density at radius 2 is 2.08 bits per heavy atom. The van der Waals surface area contributed by atoms with Gasteiger partial charge in [-0.1, -0.05) is 0 Å². The van der Waals surface area contributed by atoms with Crippen LogP contribution in [-0.2, 0) is 10.1 Å². The Morgan fingerprint density at radius 1 is 1.50 bits per heavy atom. The average Bonchev–Trinajstić information content (AvgIpc) is 2.34. The van der Waals surface area contributed by atoms with Crippen molar-refractivity contribution in [3.05, 3.63) is 24.2 Å². The maximum atomic E-state index is 10.6. The third-order valence-corrected chi connectivity index (χ3v) is 1.63. The Balaban J connectivity index is 0.00000121. The molecule has 1 aromatic heterocycles. The first kappa shape index (κ1) is 11.9. The zero-order valence-corrected chi connectivity index (χ0v) is 6.04. The van der Waals surface area contributed by atoms with Crippen LogP contribution in [0.5, 0.6) is 0 Å².